The number of piperidine rings is 1. The van der Waals surface area contributed by atoms with E-state index in [0.29, 0.717) is 18.5 Å². The molecule has 1 aromatic carbocycles. The van der Waals surface area contributed by atoms with E-state index in [1.54, 1.807) is 24.3 Å². The van der Waals surface area contributed by atoms with Crippen molar-refractivity contribution in [2.75, 3.05) is 19.6 Å². The Labute approximate surface area is 146 Å². The zero-order chi connectivity index (χ0) is 17.7. The van der Waals surface area contributed by atoms with E-state index < -0.39 is 12.1 Å². The molecule has 1 aromatic rings. The summed E-state index contributed by atoms with van der Waals surface area (Å²) in [6.45, 7) is 0.149. The normalized spacial score (nSPS) is 18.3. The van der Waals surface area contributed by atoms with Gasteiger partial charge in [-0.1, -0.05) is 15.9 Å². The fraction of sp³-hybridized carbons (Fsp3) is 0.500. The first-order valence-electron chi connectivity index (χ1n) is 7.65. The van der Waals surface area contributed by atoms with Crippen LogP contribution in [-0.4, -0.2) is 42.5 Å². The van der Waals surface area contributed by atoms with E-state index >= 15 is 0 Å². The fourth-order valence-electron chi connectivity index (χ4n) is 2.62. The second-order valence-electron chi connectivity index (χ2n) is 5.73. The van der Waals surface area contributed by atoms with E-state index in [9.17, 15) is 22.8 Å². The van der Waals surface area contributed by atoms with Gasteiger partial charge in [0.2, 0.25) is 5.91 Å². The molecule has 24 heavy (non-hydrogen) atoms. The van der Waals surface area contributed by atoms with Gasteiger partial charge in [0.1, 0.15) is 0 Å². The van der Waals surface area contributed by atoms with E-state index in [0.717, 1.165) is 4.47 Å². The van der Waals surface area contributed by atoms with Crippen LogP contribution < -0.4 is 5.32 Å². The Morgan fingerprint density at radius 3 is 2.54 bits per heavy atom. The van der Waals surface area contributed by atoms with Gasteiger partial charge in [-0.2, -0.15) is 13.2 Å². The van der Waals surface area contributed by atoms with E-state index in [1.165, 1.54) is 4.90 Å². The standard InChI is InChI=1S/C16H18BrF3N2O2/c17-13-5-3-11(4-6-13)15(24)21-8-7-14(23)22-9-1-2-12(10-22)16(18,19)20/h3-6,12H,1-2,7-10H2,(H,21,24)/t12-/m0/s1. The van der Waals surface area contributed by atoms with Gasteiger partial charge in [0.25, 0.3) is 5.91 Å². The van der Waals surface area contributed by atoms with Gasteiger partial charge in [0.05, 0.1) is 5.92 Å². The highest BCUT2D eigenvalue weighted by Crippen LogP contribution is 2.33. The van der Waals surface area contributed by atoms with Crippen LogP contribution in [0.2, 0.25) is 0 Å². The first kappa shape index (κ1) is 18.8. The number of alkyl halides is 3. The monoisotopic (exact) mass is 406 g/mol. The average Bonchev–Trinajstić information content (AvgIpc) is 2.54. The molecule has 8 heteroatoms. The van der Waals surface area contributed by atoms with Crippen molar-refractivity contribution in [3.63, 3.8) is 0 Å². The molecule has 132 valence electrons. The van der Waals surface area contributed by atoms with Gasteiger partial charge in [-0.05, 0) is 37.1 Å². The average molecular weight is 407 g/mol. The number of hydrogen-bond acceptors (Lipinski definition) is 2. The van der Waals surface area contributed by atoms with Crippen LogP contribution in [-0.2, 0) is 4.79 Å². The van der Waals surface area contributed by atoms with E-state index in [-0.39, 0.29) is 37.7 Å². The third kappa shape index (κ3) is 5.22. The van der Waals surface area contributed by atoms with Crippen molar-refractivity contribution in [2.24, 2.45) is 5.92 Å². The lowest BCUT2D eigenvalue weighted by Crippen LogP contribution is -2.45. The Hall–Kier alpha value is -1.57. The number of carbonyl (C=O) groups is 2. The number of benzene rings is 1. The summed E-state index contributed by atoms with van der Waals surface area (Å²) in [4.78, 5) is 25.2. The van der Waals surface area contributed by atoms with Crippen LogP contribution >= 0.6 is 15.9 Å². The molecule has 0 aliphatic carbocycles. The van der Waals surface area contributed by atoms with E-state index in [2.05, 4.69) is 21.2 Å². The first-order valence-corrected chi connectivity index (χ1v) is 8.45. The molecule has 1 atom stereocenters. The van der Waals surface area contributed by atoms with Gasteiger partial charge in [-0.15, -0.1) is 0 Å². The Balaban J connectivity index is 1.78. The third-order valence-electron chi connectivity index (χ3n) is 3.97. The van der Waals surface area contributed by atoms with Crippen LogP contribution in [0, 0.1) is 5.92 Å². The molecule has 0 saturated carbocycles. The van der Waals surface area contributed by atoms with Gasteiger partial charge in [-0.3, -0.25) is 9.59 Å². The molecule has 2 rings (SSSR count). The lowest BCUT2D eigenvalue weighted by molar-refractivity contribution is -0.188. The van der Waals surface area contributed by atoms with Gasteiger partial charge >= 0.3 is 6.18 Å². The molecule has 1 fully saturated rings. The minimum atomic E-state index is -4.27. The molecular formula is C16H18BrF3N2O2. The summed E-state index contributed by atoms with van der Waals surface area (Å²) in [7, 11) is 0. The molecule has 0 bridgehead atoms. The number of halogens is 4. The lowest BCUT2D eigenvalue weighted by Gasteiger charge is -2.33. The molecule has 1 N–H and O–H groups in total. The number of amides is 2. The second kappa shape index (κ2) is 8.00. The SMILES string of the molecule is O=C(NCCC(=O)N1CCC[C@H](C(F)(F)F)C1)c1ccc(Br)cc1. The summed E-state index contributed by atoms with van der Waals surface area (Å²) in [5.41, 5.74) is 0.459. The second-order valence-corrected chi connectivity index (χ2v) is 6.65. The minimum Gasteiger partial charge on any atom is -0.352 e. The predicted octanol–water partition coefficient (Wildman–Crippen LogP) is 3.37. The number of likely N-dealkylation sites (tertiary alicyclic amines) is 1. The van der Waals surface area contributed by atoms with Crippen molar-refractivity contribution in [3.05, 3.63) is 34.3 Å². The first-order chi connectivity index (χ1) is 11.3. The zero-order valence-corrected chi connectivity index (χ0v) is 14.5. The van der Waals surface area contributed by atoms with Crippen LogP contribution in [0.15, 0.2) is 28.7 Å². The van der Waals surface area contributed by atoms with Crippen LogP contribution in [0.4, 0.5) is 13.2 Å². The molecule has 0 radical (unpaired) electrons. The molecule has 0 spiro atoms. The quantitative estimate of drug-likeness (QED) is 0.832. The molecule has 0 aromatic heterocycles. The Morgan fingerprint density at radius 2 is 1.92 bits per heavy atom. The molecule has 1 saturated heterocycles. The van der Waals surface area contributed by atoms with Gasteiger partial charge < -0.3 is 10.2 Å². The summed E-state index contributed by atoms with van der Waals surface area (Å²) < 4.78 is 39.1. The topological polar surface area (TPSA) is 49.4 Å². The van der Waals surface area contributed by atoms with E-state index in [4.69, 9.17) is 0 Å². The van der Waals surface area contributed by atoms with Crippen LogP contribution in [0.5, 0.6) is 0 Å². The Kier molecular flexibility index (Phi) is 6.26. The van der Waals surface area contributed by atoms with Crippen molar-refractivity contribution < 1.29 is 22.8 Å². The molecule has 4 nitrogen and oxygen atoms in total. The van der Waals surface area contributed by atoms with Crippen molar-refractivity contribution in [3.8, 4) is 0 Å². The summed E-state index contributed by atoms with van der Waals surface area (Å²) >= 11 is 3.27. The van der Waals surface area contributed by atoms with Gasteiger partial charge in [-0.25, -0.2) is 0 Å². The van der Waals surface area contributed by atoms with Crippen molar-refractivity contribution in [1.82, 2.24) is 10.2 Å². The number of rotatable bonds is 4. The molecule has 1 heterocycles. The van der Waals surface area contributed by atoms with Crippen molar-refractivity contribution in [2.45, 2.75) is 25.4 Å². The molecule has 1 aliphatic heterocycles. The molecule has 0 unspecified atom stereocenters. The van der Waals surface area contributed by atoms with Crippen LogP contribution in [0.3, 0.4) is 0 Å². The maximum Gasteiger partial charge on any atom is 0.393 e. The summed E-state index contributed by atoms with van der Waals surface area (Å²) in [5, 5.41) is 2.61. The minimum absolute atomic E-state index is 0.00710. The summed E-state index contributed by atoms with van der Waals surface area (Å²) in [5.74, 6) is -2.13. The largest absolute Gasteiger partial charge is 0.393 e. The predicted molar refractivity (Wildman–Crippen MR) is 86.5 cm³/mol. The molecular weight excluding hydrogens is 389 g/mol. The number of nitrogens with zero attached hydrogens (tertiary/aromatic N) is 1. The Morgan fingerprint density at radius 1 is 1.25 bits per heavy atom. The number of hydrogen-bond donors (Lipinski definition) is 1. The summed E-state index contributed by atoms with van der Waals surface area (Å²) in [6.07, 6.45) is -3.86. The van der Waals surface area contributed by atoms with Gasteiger partial charge in [0, 0.05) is 36.1 Å². The maximum absolute atomic E-state index is 12.8. The third-order valence-corrected chi connectivity index (χ3v) is 4.50. The fourth-order valence-corrected chi connectivity index (χ4v) is 2.88. The number of nitrogens with one attached hydrogen (secondary N) is 1. The highest BCUT2D eigenvalue weighted by atomic mass is 79.9. The van der Waals surface area contributed by atoms with Crippen molar-refractivity contribution >= 4 is 27.7 Å². The maximum atomic E-state index is 12.8. The van der Waals surface area contributed by atoms with Crippen molar-refractivity contribution in [1.29, 1.82) is 0 Å². The van der Waals surface area contributed by atoms with Gasteiger partial charge in [0.15, 0.2) is 0 Å². The Bertz CT molecular complexity index is 590. The molecule has 1 aliphatic rings. The zero-order valence-electron chi connectivity index (χ0n) is 12.9. The van der Waals surface area contributed by atoms with E-state index in [1.807, 2.05) is 0 Å². The summed E-state index contributed by atoms with van der Waals surface area (Å²) in [6, 6.07) is 6.73. The van der Waals surface area contributed by atoms with Crippen LogP contribution in [0.25, 0.3) is 0 Å². The van der Waals surface area contributed by atoms with Crippen LogP contribution in [0.1, 0.15) is 29.6 Å². The highest BCUT2D eigenvalue weighted by molar-refractivity contribution is 9.10. The number of carbonyl (C=O) groups excluding carboxylic acids is 2. The smallest absolute Gasteiger partial charge is 0.352 e. The highest BCUT2D eigenvalue weighted by Gasteiger charge is 2.42. The molecule has 2 amide bonds. The lowest BCUT2D eigenvalue weighted by atomic mass is 9.97.